The number of amides is 1. The van der Waals surface area contributed by atoms with E-state index in [1.807, 2.05) is 23.2 Å². The molecule has 2 aromatic carbocycles. The number of rotatable bonds is 14. The molecular weight excluding hydrogens is 604 g/mol. The maximum Gasteiger partial charge on any atom is 0.264 e. The molecule has 0 radical (unpaired) electrons. The Kier molecular flexibility index (Phi) is 11.3. The Balaban J connectivity index is 1.19. The van der Waals surface area contributed by atoms with E-state index in [-0.39, 0.29) is 30.6 Å². The predicted molar refractivity (Wildman–Crippen MR) is 178 cm³/mol. The fourth-order valence-electron chi connectivity index (χ4n) is 6.57. The highest BCUT2D eigenvalue weighted by molar-refractivity contribution is 7.93. The van der Waals surface area contributed by atoms with Gasteiger partial charge in [-0.3, -0.25) is 14.1 Å². The summed E-state index contributed by atoms with van der Waals surface area (Å²) in [6.45, 7) is 8.40. The van der Waals surface area contributed by atoms with Crippen LogP contribution in [0, 0.1) is 13.8 Å². The number of aromatic nitrogens is 1. The minimum Gasteiger partial charge on any atom is -0.497 e. The van der Waals surface area contributed by atoms with Crippen LogP contribution in [0.2, 0.25) is 0 Å². The Bertz CT molecular complexity index is 1520. The van der Waals surface area contributed by atoms with E-state index in [0.717, 1.165) is 25.2 Å². The van der Waals surface area contributed by atoms with Crippen molar-refractivity contribution in [3.63, 3.8) is 0 Å². The largest absolute Gasteiger partial charge is 0.497 e. The van der Waals surface area contributed by atoms with E-state index < -0.39 is 15.6 Å². The Hall–Kier alpha value is -3.51. The van der Waals surface area contributed by atoms with Gasteiger partial charge in [0.1, 0.15) is 12.4 Å². The summed E-state index contributed by atoms with van der Waals surface area (Å²) >= 11 is 0. The topological polar surface area (TPSA) is 102 Å². The van der Waals surface area contributed by atoms with E-state index in [1.165, 1.54) is 17.1 Å². The van der Waals surface area contributed by atoms with Gasteiger partial charge in [-0.15, -0.1) is 0 Å². The van der Waals surface area contributed by atoms with Gasteiger partial charge in [0.2, 0.25) is 5.91 Å². The first kappa shape index (κ1) is 33.8. The molecule has 0 spiro atoms. The number of ether oxygens (including phenoxy) is 3. The van der Waals surface area contributed by atoms with Gasteiger partial charge in [-0.25, -0.2) is 8.42 Å². The second-order valence-corrected chi connectivity index (χ2v) is 13.9. The molecule has 0 unspecified atom stereocenters. The molecule has 10 nitrogen and oxygen atoms in total. The van der Waals surface area contributed by atoms with Gasteiger partial charge in [-0.1, -0.05) is 24.3 Å². The number of sulfonamides is 1. The number of piperidine rings is 1. The number of hydrogen-bond acceptors (Lipinski definition) is 8. The zero-order chi connectivity index (χ0) is 32.6. The normalized spacial score (nSPS) is 16.8. The van der Waals surface area contributed by atoms with Gasteiger partial charge in [-0.2, -0.15) is 0 Å². The van der Waals surface area contributed by atoms with Crippen LogP contribution in [0.5, 0.6) is 5.75 Å². The fraction of sp³-hybridized carbons (Fsp3) is 0.486. The second kappa shape index (κ2) is 15.4. The average molecular weight is 651 g/mol. The van der Waals surface area contributed by atoms with Gasteiger partial charge in [-0.05, 0) is 94.1 Å². The Morgan fingerprint density at radius 1 is 0.957 bits per heavy atom. The number of carbonyl (C=O) groups is 1. The summed E-state index contributed by atoms with van der Waals surface area (Å²) in [5.74, 6) is 0.485. The summed E-state index contributed by atoms with van der Waals surface area (Å²) in [6, 6.07) is 16.4. The van der Waals surface area contributed by atoms with Crippen molar-refractivity contribution in [1.29, 1.82) is 0 Å². The third-order valence-electron chi connectivity index (χ3n) is 9.02. The summed E-state index contributed by atoms with van der Waals surface area (Å²) in [5.41, 5.74) is 2.29. The number of benzene rings is 2. The molecule has 11 heteroatoms. The number of pyridine rings is 1. The molecule has 0 saturated carbocycles. The van der Waals surface area contributed by atoms with Crippen molar-refractivity contribution in [2.24, 2.45) is 0 Å². The molecule has 46 heavy (non-hydrogen) atoms. The van der Waals surface area contributed by atoms with E-state index >= 15 is 0 Å². The zero-order valence-corrected chi connectivity index (χ0v) is 28.0. The number of aryl methyl sites for hydroxylation is 2. The molecule has 5 rings (SSSR count). The van der Waals surface area contributed by atoms with Crippen molar-refractivity contribution < 1.29 is 27.4 Å². The maximum absolute atomic E-state index is 14.0. The highest BCUT2D eigenvalue weighted by Gasteiger charge is 2.39. The first-order chi connectivity index (χ1) is 22.2. The van der Waals surface area contributed by atoms with Crippen molar-refractivity contribution in [1.82, 2.24) is 14.8 Å². The summed E-state index contributed by atoms with van der Waals surface area (Å²) in [7, 11) is -2.38. The zero-order valence-electron chi connectivity index (χ0n) is 27.2. The average Bonchev–Trinajstić information content (AvgIpc) is 3.58. The predicted octanol–water partition coefficient (Wildman–Crippen LogP) is 4.55. The lowest BCUT2D eigenvalue weighted by Crippen LogP contribution is -2.48. The summed E-state index contributed by atoms with van der Waals surface area (Å²) in [4.78, 5) is 22.0. The lowest BCUT2D eigenvalue weighted by molar-refractivity contribution is -0.144. The molecule has 2 aliphatic heterocycles. The van der Waals surface area contributed by atoms with E-state index in [2.05, 4.69) is 16.0 Å². The molecule has 2 fully saturated rings. The smallest absolute Gasteiger partial charge is 0.264 e. The molecule has 1 aromatic heterocycles. The summed E-state index contributed by atoms with van der Waals surface area (Å²) < 4.78 is 47.1. The lowest BCUT2D eigenvalue weighted by atomic mass is 9.85. The fourth-order valence-corrected chi connectivity index (χ4v) is 8.43. The maximum atomic E-state index is 14.0. The monoisotopic (exact) mass is 650 g/mol. The molecule has 0 aliphatic carbocycles. The number of carbonyl (C=O) groups excluding carboxylic acids is 1. The minimum absolute atomic E-state index is 0.0551. The van der Waals surface area contributed by atoms with Crippen LogP contribution in [0.4, 0.5) is 5.69 Å². The number of nitrogens with zero attached hydrogens (tertiary/aromatic N) is 4. The number of anilines is 1. The quantitative estimate of drug-likeness (QED) is 0.235. The first-order valence-corrected chi connectivity index (χ1v) is 17.5. The van der Waals surface area contributed by atoms with Crippen LogP contribution in [-0.2, 0) is 29.9 Å². The van der Waals surface area contributed by atoms with Crippen LogP contribution in [0.1, 0.15) is 42.4 Å². The molecule has 0 N–H and O–H groups in total. The van der Waals surface area contributed by atoms with Gasteiger partial charge in [0.15, 0.2) is 0 Å². The lowest BCUT2D eigenvalue weighted by Gasteiger charge is -2.42. The van der Waals surface area contributed by atoms with Gasteiger partial charge in [0.05, 0.1) is 43.1 Å². The van der Waals surface area contributed by atoms with Crippen LogP contribution in [0.25, 0.3) is 0 Å². The Morgan fingerprint density at radius 3 is 2.28 bits per heavy atom. The Labute approximate surface area is 273 Å². The Morgan fingerprint density at radius 2 is 1.65 bits per heavy atom. The van der Waals surface area contributed by atoms with Crippen LogP contribution < -0.4 is 9.04 Å². The third-order valence-corrected chi connectivity index (χ3v) is 11.2. The molecule has 0 bridgehead atoms. The summed E-state index contributed by atoms with van der Waals surface area (Å²) in [5, 5.41) is 0. The third kappa shape index (κ3) is 7.88. The highest BCUT2D eigenvalue weighted by Crippen LogP contribution is 2.37. The first-order valence-electron chi connectivity index (χ1n) is 16.1. The molecule has 0 atom stereocenters. The molecule has 248 valence electrons. The van der Waals surface area contributed by atoms with Crippen molar-refractivity contribution in [3.05, 3.63) is 83.7 Å². The van der Waals surface area contributed by atoms with Gasteiger partial charge >= 0.3 is 0 Å². The van der Waals surface area contributed by atoms with E-state index in [1.54, 1.807) is 63.6 Å². The van der Waals surface area contributed by atoms with Crippen LogP contribution in [-0.4, -0.2) is 95.3 Å². The van der Waals surface area contributed by atoms with Gasteiger partial charge in [0.25, 0.3) is 10.0 Å². The van der Waals surface area contributed by atoms with Crippen molar-refractivity contribution in [3.8, 4) is 5.75 Å². The minimum atomic E-state index is -3.93. The highest BCUT2D eigenvalue weighted by atomic mass is 32.2. The standard InChI is InChI=1S/C35H46N4O6S/c1-28-24-32(43-3)25-29(2)34(28)46(41,42)39(31-11-5-4-6-12-31)21-22-44-27-33(40)38-18-13-35(14-19-38,30-10-9-15-36-26-30)45-23-20-37-16-7-8-17-37/h4-6,9-12,15,24-26H,7-8,13-14,16-23,27H2,1-3H3. The van der Waals surface area contributed by atoms with Crippen LogP contribution in [0.15, 0.2) is 71.9 Å². The molecule has 3 aromatic rings. The van der Waals surface area contributed by atoms with Crippen molar-refractivity contribution in [2.45, 2.75) is 50.0 Å². The van der Waals surface area contributed by atoms with E-state index in [9.17, 15) is 13.2 Å². The number of methoxy groups -OCH3 is 1. The van der Waals surface area contributed by atoms with E-state index in [4.69, 9.17) is 14.2 Å². The van der Waals surface area contributed by atoms with Gasteiger partial charge in [0, 0.05) is 37.6 Å². The van der Waals surface area contributed by atoms with Crippen molar-refractivity contribution in [2.75, 3.05) is 70.5 Å². The second-order valence-electron chi connectivity index (χ2n) is 12.1. The summed E-state index contributed by atoms with van der Waals surface area (Å²) in [6.07, 6.45) is 7.47. The van der Waals surface area contributed by atoms with Gasteiger partial charge < -0.3 is 24.0 Å². The molecular formula is C35H46N4O6S. The van der Waals surface area contributed by atoms with Crippen LogP contribution >= 0.6 is 0 Å². The molecule has 1 amide bonds. The van der Waals surface area contributed by atoms with Crippen LogP contribution in [0.3, 0.4) is 0 Å². The number of para-hydroxylation sites is 1. The molecule has 2 aliphatic rings. The van der Waals surface area contributed by atoms with E-state index in [0.29, 0.717) is 55.1 Å². The van der Waals surface area contributed by atoms with Crippen molar-refractivity contribution >= 4 is 21.6 Å². The number of likely N-dealkylation sites (tertiary alicyclic amines) is 2. The molecule has 2 saturated heterocycles. The molecule has 3 heterocycles. The SMILES string of the molecule is COc1cc(C)c(S(=O)(=O)N(CCOCC(=O)N2CCC(OCCN3CCCC3)(c3cccnc3)CC2)c2ccccc2)c(C)c1. The number of hydrogen-bond donors (Lipinski definition) is 0.